The van der Waals surface area contributed by atoms with Gasteiger partial charge in [0.05, 0.1) is 0 Å². The van der Waals surface area contributed by atoms with Gasteiger partial charge in [-0.1, -0.05) is 13.0 Å². The van der Waals surface area contributed by atoms with Gasteiger partial charge in [-0.3, -0.25) is 4.79 Å². The lowest BCUT2D eigenvalue weighted by Gasteiger charge is -2.27. The summed E-state index contributed by atoms with van der Waals surface area (Å²) in [6, 6.07) is 4.10. The number of rotatable bonds is 2. The van der Waals surface area contributed by atoms with Gasteiger partial charge in [-0.15, -0.1) is 0 Å². The van der Waals surface area contributed by atoms with Crippen LogP contribution in [0.1, 0.15) is 37.1 Å². The molecule has 1 aliphatic carbocycles. The molecule has 0 radical (unpaired) electrons. The predicted molar refractivity (Wildman–Crippen MR) is 61.0 cm³/mol. The Bertz CT molecular complexity index is 409. The second-order valence-corrected chi connectivity index (χ2v) is 4.14. The summed E-state index contributed by atoms with van der Waals surface area (Å²) in [6.45, 7) is 3.10. The van der Waals surface area contributed by atoms with Gasteiger partial charge in [0, 0.05) is 24.8 Å². The molecule has 3 heteroatoms. The molecule has 0 fully saturated rings. The maximum absolute atomic E-state index is 11.5. The molecule has 1 aromatic rings. The van der Waals surface area contributed by atoms with Crippen molar-refractivity contribution in [1.82, 2.24) is 9.88 Å². The third kappa shape index (κ3) is 1.84. The molecule has 0 bridgehead atoms. The SMILES string of the molecule is CCNC1CCCc2c1ccc(=O)n2C. The van der Waals surface area contributed by atoms with Gasteiger partial charge in [-0.05, 0) is 31.4 Å². The van der Waals surface area contributed by atoms with E-state index in [9.17, 15) is 4.79 Å². The highest BCUT2D eigenvalue weighted by molar-refractivity contribution is 5.27. The standard InChI is InChI=1S/C12H18N2O/c1-3-13-10-5-4-6-11-9(10)7-8-12(15)14(11)2/h7-8,10,13H,3-6H2,1-2H3. The minimum absolute atomic E-state index is 0.103. The zero-order chi connectivity index (χ0) is 10.8. The fraction of sp³-hybridized carbons (Fsp3) is 0.583. The van der Waals surface area contributed by atoms with Gasteiger partial charge in [-0.25, -0.2) is 0 Å². The van der Waals surface area contributed by atoms with Crippen LogP contribution in [-0.4, -0.2) is 11.1 Å². The van der Waals surface area contributed by atoms with E-state index in [-0.39, 0.29) is 5.56 Å². The molecule has 1 aromatic heterocycles. The summed E-state index contributed by atoms with van der Waals surface area (Å²) in [4.78, 5) is 11.5. The fourth-order valence-corrected chi connectivity index (χ4v) is 2.41. The summed E-state index contributed by atoms with van der Waals surface area (Å²) in [5.41, 5.74) is 2.62. The molecular weight excluding hydrogens is 188 g/mol. The average molecular weight is 206 g/mol. The summed E-state index contributed by atoms with van der Waals surface area (Å²) >= 11 is 0. The minimum Gasteiger partial charge on any atom is -0.315 e. The van der Waals surface area contributed by atoms with Crippen molar-refractivity contribution in [2.75, 3.05) is 6.54 Å². The van der Waals surface area contributed by atoms with Crippen molar-refractivity contribution >= 4 is 0 Å². The fourth-order valence-electron chi connectivity index (χ4n) is 2.41. The van der Waals surface area contributed by atoms with Crippen LogP contribution in [0.4, 0.5) is 0 Å². The highest BCUT2D eigenvalue weighted by atomic mass is 16.1. The summed E-state index contributed by atoms with van der Waals surface area (Å²) in [6.07, 6.45) is 3.38. The van der Waals surface area contributed by atoms with Crippen molar-refractivity contribution < 1.29 is 0 Å². The van der Waals surface area contributed by atoms with Gasteiger partial charge >= 0.3 is 0 Å². The van der Waals surface area contributed by atoms with Crippen molar-refractivity contribution in [2.45, 2.75) is 32.2 Å². The van der Waals surface area contributed by atoms with Crippen LogP contribution < -0.4 is 10.9 Å². The van der Waals surface area contributed by atoms with E-state index in [4.69, 9.17) is 0 Å². The Labute approximate surface area is 90.1 Å². The predicted octanol–water partition coefficient (Wildman–Crippen LogP) is 1.37. The zero-order valence-corrected chi connectivity index (χ0v) is 9.42. The molecule has 1 N–H and O–H groups in total. The van der Waals surface area contributed by atoms with Crippen LogP contribution in [0.2, 0.25) is 0 Å². The number of fused-ring (bicyclic) bond motifs is 1. The molecule has 0 amide bonds. The summed E-state index contributed by atoms with van der Waals surface area (Å²) in [5, 5.41) is 3.47. The minimum atomic E-state index is 0.103. The van der Waals surface area contributed by atoms with Gasteiger partial charge in [0.2, 0.25) is 5.56 Å². The molecule has 15 heavy (non-hydrogen) atoms. The van der Waals surface area contributed by atoms with Gasteiger partial charge in [-0.2, -0.15) is 0 Å². The highest BCUT2D eigenvalue weighted by Crippen LogP contribution is 2.27. The lowest BCUT2D eigenvalue weighted by atomic mass is 9.91. The Morgan fingerprint density at radius 1 is 1.53 bits per heavy atom. The first-order valence-corrected chi connectivity index (χ1v) is 5.66. The average Bonchev–Trinajstić information content (AvgIpc) is 2.25. The van der Waals surface area contributed by atoms with E-state index in [1.54, 1.807) is 10.6 Å². The number of hydrogen-bond acceptors (Lipinski definition) is 2. The molecule has 1 aliphatic rings. The zero-order valence-electron chi connectivity index (χ0n) is 9.42. The van der Waals surface area contributed by atoms with Crippen molar-refractivity contribution in [3.8, 4) is 0 Å². The summed E-state index contributed by atoms with van der Waals surface area (Å²) in [5.74, 6) is 0. The Hall–Kier alpha value is -1.09. The molecule has 0 aliphatic heterocycles. The molecule has 0 aromatic carbocycles. The monoisotopic (exact) mass is 206 g/mol. The third-order valence-corrected chi connectivity index (χ3v) is 3.21. The highest BCUT2D eigenvalue weighted by Gasteiger charge is 2.20. The lowest BCUT2D eigenvalue weighted by molar-refractivity contribution is 0.456. The quantitative estimate of drug-likeness (QED) is 0.793. The topological polar surface area (TPSA) is 34.0 Å². The Morgan fingerprint density at radius 3 is 3.07 bits per heavy atom. The molecule has 0 spiro atoms. The van der Waals surface area contributed by atoms with Crippen LogP contribution in [0.3, 0.4) is 0 Å². The van der Waals surface area contributed by atoms with Gasteiger partial charge in [0.1, 0.15) is 0 Å². The van der Waals surface area contributed by atoms with E-state index >= 15 is 0 Å². The molecular formula is C12H18N2O. The van der Waals surface area contributed by atoms with Crippen LogP contribution >= 0.6 is 0 Å². The van der Waals surface area contributed by atoms with Crippen LogP contribution in [0.5, 0.6) is 0 Å². The summed E-state index contributed by atoms with van der Waals surface area (Å²) in [7, 11) is 1.87. The molecule has 0 saturated heterocycles. The second-order valence-electron chi connectivity index (χ2n) is 4.14. The molecule has 1 unspecified atom stereocenters. The van der Waals surface area contributed by atoms with Gasteiger partial charge < -0.3 is 9.88 Å². The van der Waals surface area contributed by atoms with Crippen molar-refractivity contribution in [3.63, 3.8) is 0 Å². The molecule has 3 nitrogen and oxygen atoms in total. The van der Waals surface area contributed by atoms with E-state index in [0.717, 1.165) is 13.0 Å². The number of hydrogen-bond donors (Lipinski definition) is 1. The van der Waals surface area contributed by atoms with Crippen molar-refractivity contribution in [3.05, 3.63) is 33.7 Å². The molecule has 2 rings (SSSR count). The van der Waals surface area contributed by atoms with Gasteiger partial charge in [0.15, 0.2) is 0 Å². The van der Waals surface area contributed by atoms with Crippen molar-refractivity contribution in [2.24, 2.45) is 7.05 Å². The lowest BCUT2D eigenvalue weighted by Crippen LogP contribution is -2.30. The first-order valence-electron chi connectivity index (χ1n) is 5.66. The molecule has 0 saturated carbocycles. The normalized spacial score (nSPS) is 20.0. The first-order chi connectivity index (χ1) is 7.24. The van der Waals surface area contributed by atoms with Gasteiger partial charge in [0.25, 0.3) is 0 Å². The Kier molecular flexibility index (Phi) is 2.91. The molecule has 1 heterocycles. The van der Waals surface area contributed by atoms with E-state index in [1.165, 1.54) is 24.1 Å². The Balaban J connectivity index is 2.44. The third-order valence-electron chi connectivity index (χ3n) is 3.21. The largest absolute Gasteiger partial charge is 0.315 e. The van der Waals surface area contributed by atoms with E-state index in [2.05, 4.69) is 12.2 Å². The number of nitrogens with zero attached hydrogens (tertiary/aromatic N) is 1. The first kappa shape index (κ1) is 10.4. The van der Waals surface area contributed by atoms with Crippen LogP contribution in [0, 0.1) is 0 Å². The smallest absolute Gasteiger partial charge is 0.250 e. The van der Waals surface area contributed by atoms with Crippen LogP contribution in [-0.2, 0) is 13.5 Å². The van der Waals surface area contributed by atoms with Crippen molar-refractivity contribution in [1.29, 1.82) is 0 Å². The maximum atomic E-state index is 11.5. The number of nitrogens with one attached hydrogen (secondary N) is 1. The molecule has 82 valence electrons. The van der Waals surface area contributed by atoms with Crippen LogP contribution in [0.15, 0.2) is 16.9 Å². The second kappa shape index (κ2) is 4.19. The Morgan fingerprint density at radius 2 is 2.33 bits per heavy atom. The maximum Gasteiger partial charge on any atom is 0.250 e. The van der Waals surface area contributed by atoms with E-state index in [1.807, 2.05) is 13.1 Å². The molecule has 1 atom stereocenters. The van der Waals surface area contributed by atoms with Crippen LogP contribution in [0.25, 0.3) is 0 Å². The van der Waals surface area contributed by atoms with E-state index in [0.29, 0.717) is 6.04 Å². The number of pyridine rings is 1. The van der Waals surface area contributed by atoms with E-state index < -0.39 is 0 Å². The summed E-state index contributed by atoms with van der Waals surface area (Å²) < 4.78 is 1.79. The number of aromatic nitrogens is 1.